The largest absolute Gasteiger partial charge is 0.352 e. The molecule has 6 heteroatoms. The van der Waals surface area contributed by atoms with Gasteiger partial charge >= 0.3 is 0 Å². The monoisotopic (exact) mass is 384 g/mol. The summed E-state index contributed by atoms with van der Waals surface area (Å²) in [7, 11) is 0. The normalized spacial score (nSPS) is 11.3. The minimum Gasteiger partial charge on any atom is -0.352 e. The van der Waals surface area contributed by atoms with Crippen molar-refractivity contribution in [2.75, 3.05) is 0 Å². The molecule has 3 aromatic rings. The van der Waals surface area contributed by atoms with E-state index in [2.05, 4.69) is 31.2 Å². The molecule has 5 nitrogen and oxygen atoms in total. The summed E-state index contributed by atoms with van der Waals surface area (Å²) in [4.78, 5) is 17.0. The quantitative estimate of drug-likeness (QED) is 0.679. The van der Waals surface area contributed by atoms with Crippen LogP contribution in [0.15, 0.2) is 30.5 Å². The van der Waals surface area contributed by atoms with Crippen LogP contribution >= 0.6 is 11.6 Å². The van der Waals surface area contributed by atoms with Gasteiger partial charge in [-0.2, -0.15) is 5.10 Å². The second kappa shape index (κ2) is 8.09. The van der Waals surface area contributed by atoms with Crippen molar-refractivity contribution in [3.05, 3.63) is 57.9 Å². The van der Waals surface area contributed by atoms with Gasteiger partial charge in [0.15, 0.2) is 5.65 Å². The van der Waals surface area contributed by atoms with Crippen molar-refractivity contribution in [2.45, 2.75) is 53.1 Å². The molecule has 0 aliphatic carbocycles. The van der Waals surface area contributed by atoms with Gasteiger partial charge < -0.3 is 5.32 Å². The molecule has 0 bridgehead atoms. The van der Waals surface area contributed by atoms with Crippen molar-refractivity contribution in [1.82, 2.24) is 20.1 Å². The number of rotatable bonds is 6. The lowest BCUT2D eigenvalue weighted by atomic mass is 10.0. The van der Waals surface area contributed by atoms with Gasteiger partial charge in [-0.15, -0.1) is 0 Å². The molecule has 0 unspecified atom stereocenters. The van der Waals surface area contributed by atoms with Gasteiger partial charge in [0.1, 0.15) is 0 Å². The predicted octanol–water partition coefficient (Wildman–Crippen LogP) is 4.53. The minimum atomic E-state index is 0.0294. The van der Waals surface area contributed by atoms with Crippen molar-refractivity contribution in [2.24, 2.45) is 0 Å². The fraction of sp³-hybridized carbons (Fsp3) is 0.381. The smallest absolute Gasteiger partial charge is 0.220 e. The van der Waals surface area contributed by atoms with Gasteiger partial charge in [-0.25, -0.2) is 9.67 Å². The standard InChI is InChI=1S/C21H25ClN4O/c1-13(2)26-21-19(12-24-26)14(3)18(15(4)25-21)9-10-20(27)23-11-16-5-7-17(22)8-6-16/h5-8,12-13H,9-11H2,1-4H3,(H,23,27). The van der Waals surface area contributed by atoms with Crippen LogP contribution < -0.4 is 5.32 Å². The number of carbonyl (C=O) groups is 1. The van der Waals surface area contributed by atoms with Crippen molar-refractivity contribution in [3.8, 4) is 0 Å². The second-order valence-corrected chi connectivity index (χ2v) is 7.56. The average Bonchev–Trinajstić information content (AvgIpc) is 3.05. The zero-order chi connectivity index (χ0) is 19.6. The topological polar surface area (TPSA) is 59.8 Å². The number of nitrogens with one attached hydrogen (secondary N) is 1. The molecule has 3 rings (SSSR count). The first-order valence-electron chi connectivity index (χ1n) is 9.21. The Kier molecular flexibility index (Phi) is 5.80. The number of aromatic nitrogens is 3. The van der Waals surface area contributed by atoms with Crippen LogP contribution in [0.4, 0.5) is 0 Å². The van der Waals surface area contributed by atoms with E-state index in [9.17, 15) is 4.79 Å². The van der Waals surface area contributed by atoms with Gasteiger partial charge in [-0.1, -0.05) is 23.7 Å². The number of nitrogens with zero attached hydrogens (tertiary/aromatic N) is 3. The van der Waals surface area contributed by atoms with Crippen molar-refractivity contribution in [3.63, 3.8) is 0 Å². The van der Waals surface area contributed by atoms with Gasteiger partial charge in [0.2, 0.25) is 5.91 Å². The van der Waals surface area contributed by atoms with E-state index in [-0.39, 0.29) is 11.9 Å². The Morgan fingerprint density at radius 1 is 1.22 bits per heavy atom. The lowest BCUT2D eigenvalue weighted by Gasteiger charge is -2.13. The molecular formula is C21H25ClN4O. The van der Waals surface area contributed by atoms with Crippen LogP contribution in [0.25, 0.3) is 11.0 Å². The van der Waals surface area contributed by atoms with Crippen LogP contribution in [0.2, 0.25) is 5.02 Å². The number of benzene rings is 1. The summed E-state index contributed by atoms with van der Waals surface area (Å²) in [5.74, 6) is 0.0294. The van der Waals surface area contributed by atoms with E-state index >= 15 is 0 Å². The first-order valence-corrected chi connectivity index (χ1v) is 9.59. The Morgan fingerprint density at radius 3 is 2.59 bits per heavy atom. The number of hydrogen-bond donors (Lipinski definition) is 1. The third-order valence-electron chi connectivity index (χ3n) is 4.83. The highest BCUT2D eigenvalue weighted by atomic mass is 35.5. The maximum atomic E-state index is 12.3. The molecule has 1 aromatic carbocycles. The van der Waals surface area contributed by atoms with Gasteiger partial charge in [0.05, 0.1) is 6.20 Å². The highest BCUT2D eigenvalue weighted by Crippen LogP contribution is 2.25. The third kappa shape index (κ3) is 4.30. The summed E-state index contributed by atoms with van der Waals surface area (Å²) in [5.41, 5.74) is 5.20. The number of carbonyl (C=O) groups excluding carboxylic acids is 1. The molecular weight excluding hydrogens is 360 g/mol. The Balaban J connectivity index is 1.67. The molecule has 0 saturated heterocycles. The molecule has 0 radical (unpaired) electrons. The van der Waals surface area contributed by atoms with Crippen LogP contribution in [0, 0.1) is 13.8 Å². The van der Waals surface area contributed by atoms with Crippen LogP contribution in [0.1, 0.15) is 48.7 Å². The molecule has 142 valence electrons. The number of halogens is 1. The maximum Gasteiger partial charge on any atom is 0.220 e. The zero-order valence-corrected chi connectivity index (χ0v) is 17.0. The number of pyridine rings is 1. The molecule has 0 aliphatic rings. The van der Waals surface area contributed by atoms with E-state index in [4.69, 9.17) is 16.6 Å². The van der Waals surface area contributed by atoms with Crippen molar-refractivity contribution >= 4 is 28.5 Å². The molecule has 27 heavy (non-hydrogen) atoms. The number of fused-ring (bicyclic) bond motifs is 1. The van der Waals surface area contributed by atoms with E-state index in [1.165, 1.54) is 0 Å². The highest BCUT2D eigenvalue weighted by molar-refractivity contribution is 6.30. The Bertz CT molecular complexity index is 960. The lowest BCUT2D eigenvalue weighted by Crippen LogP contribution is -2.23. The summed E-state index contributed by atoms with van der Waals surface area (Å²) in [5, 5.41) is 9.19. The fourth-order valence-corrected chi connectivity index (χ4v) is 3.39. The predicted molar refractivity (Wildman–Crippen MR) is 109 cm³/mol. The SMILES string of the molecule is Cc1nc2c(cnn2C(C)C)c(C)c1CCC(=O)NCc1ccc(Cl)cc1. The summed E-state index contributed by atoms with van der Waals surface area (Å²) in [6.07, 6.45) is 2.97. The summed E-state index contributed by atoms with van der Waals surface area (Å²) < 4.78 is 1.94. The van der Waals surface area contributed by atoms with Crippen LogP contribution in [0.3, 0.4) is 0 Å². The first-order chi connectivity index (χ1) is 12.9. The summed E-state index contributed by atoms with van der Waals surface area (Å²) in [6.45, 7) is 8.79. The third-order valence-corrected chi connectivity index (χ3v) is 5.08. The number of amides is 1. The first kappa shape index (κ1) is 19.4. The Hall–Kier alpha value is -2.40. The van der Waals surface area contributed by atoms with E-state index in [0.717, 1.165) is 33.4 Å². The second-order valence-electron chi connectivity index (χ2n) is 7.12. The summed E-state index contributed by atoms with van der Waals surface area (Å²) in [6, 6.07) is 7.75. The molecule has 0 atom stereocenters. The fourth-order valence-electron chi connectivity index (χ4n) is 3.27. The molecule has 0 aliphatic heterocycles. The lowest BCUT2D eigenvalue weighted by molar-refractivity contribution is -0.121. The van der Waals surface area contributed by atoms with Crippen LogP contribution in [0.5, 0.6) is 0 Å². The van der Waals surface area contributed by atoms with Gasteiger partial charge in [0, 0.05) is 35.1 Å². The molecule has 0 saturated carbocycles. The van der Waals surface area contributed by atoms with Gasteiger partial charge in [-0.05, 0) is 62.9 Å². The van der Waals surface area contributed by atoms with Crippen LogP contribution in [-0.2, 0) is 17.8 Å². The molecule has 1 N–H and O–H groups in total. The molecule has 1 amide bonds. The number of hydrogen-bond acceptors (Lipinski definition) is 3. The summed E-state index contributed by atoms with van der Waals surface area (Å²) >= 11 is 5.88. The molecule has 0 fully saturated rings. The van der Waals surface area contributed by atoms with E-state index in [1.54, 1.807) is 0 Å². The average molecular weight is 385 g/mol. The van der Waals surface area contributed by atoms with Crippen molar-refractivity contribution < 1.29 is 4.79 Å². The maximum absolute atomic E-state index is 12.3. The van der Waals surface area contributed by atoms with E-state index in [0.29, 0.717) is 24.4 Å². The van der Waals surface area contributed by atoms with Gasteiger partial charge in [0.25, 0.3) is 0 Å². The minimum absolute atomic E-state index is 0.0294. The van der Waals surface area contributed by atoms with Gasteiger partial charge in [-0.3, -0.25) is 4.79 Å². The Labute approximate surface area is 164 Å². The highest BCUT2D eigenvalue weighted by Gasteiger charge is 2.15. The van der Waals surface area contributed by atoms with Crippen molar-refractivity contribution in [1.29, 1.82) is 0 Å². The molecule has 2 aromatic heterocycles. The zero-order valence-electron chi connectivity index (χ0n) is 16.2. The van der Waals surface area contributed by atoms with E-state index < -0.39 is 0 Å². The Morgan fingerprint density at radius 2 is 1.93 bits per heavy atom. The molecule has 0 spiro atoms. The van der Waals surface area contributed by atoms with Crippen LogP contribution in [-0.4, -0.2) is 20.7 Å². The van der Waals surface area contributed by atoms with E-state index in [1.807, 2.05) is 42.1 Å². The molecule has 2 heterocycles. The number of aryl methyl sites for hydroxylation is 2.